The van der Waals surface area contributed by atoms with E-state index in [9.17, 15) is 13.2 Å². The van der Waals surface area contributed by atoms with Gasteiger partial charge in [-0.2, -0.15) is 9.40 Å². The number of hydrogen-bond donors (Lipinski definition) is 2. The van der Waals surface area contributed by atoms with Crippen LogP contribution in [0.4, 0.5) is 0 Å². The van der Waals surface area contributed by atoms with Crippen LogP contribution in [-0.4, -0.2) is 41.9 Å². The van der Waals surface area contributed by atoms with Crippen molar-refractivity contribution in [3.8, 4) is 0 Å². The molecule has 0 aliphatic carbocycles. The second kappa shape index (κ2) is 5.28. The molecule has 8 heteroatoms. The SMILES string of the molecule is CC(C)CN(CC(N)=O)S(=O)(=O)c1cn[nH]c1. The Morgan fingerprint density at radius 1 is 1.59 bits per heavy atom. The number of nitrogens with one attached hydrogen (secondary N) is 1. The maximum atomic E-state index is 12.1. The summed E-state index contributed by atoms with van der Waals surface area (Å²) in [7, 11) is -3.71. The quantitative estimate of drug-likeness (QED) is 0.721. The van der Waals surface area contributed by atoms with E-state index in [0.717, 1.165) is 4.31 Å². The van der Waals surface area contributed by atoms with Crippen molar-refractivity contribution in [1.29, 1.82) is 0 Å². The third-order valence-corrected chi connectivity index (χ3v) is 3.79. The van der Waals surface area contributed by atoms with Crippen molar-refractivity contribution < 1.29 is 13.2 Å². The Kier molecular flexibility index (Phi) is 4.24. The van der Waals surface area contributed by atoms with E-state index in [4.69, 9.17) is 5.73 Å². The van der Waals surface area contributed by atoms with E-state index in [1.807, 2.05) is 13.8 Å². The number of carbonyl (C=O) groups excluding carboxylic acids is 1. The molecule has 0 aromatic carbocycles. The first-order valence-corrected chi connectivity index (χ1v) is 6.55. The number of carbonyl (C=O) groups is 1. The number of H-pyrrole nitrogens is 1. The highest BCUT2D eigenvalue weighted by Crippen LogP contribution is 2.14. The third kappa shape index (κ3) is 3.53. The largest absolute Gasteiger partial charge is 0.369 e. The smallest absolute Gasteiger partial charge is 0.246 e. The minimum absolute atomic E-state index is 0.0272. The zero-order valence-electron chi connectivity index (χ0n) is 9.75. The number of primary amides is 1. The normalized spacial score (nSPS) is 12.2. The van der Waals surface area contributed by atoms with Crippen molar-refractivity contribution in [3.63, 3.8) is 0 Å². The zero-order chi connectivity index (χ0) is 13.1. The molecule has 0 fully saturated rings. The molecule has 1 heterocycles. The number of sulfonamides is 1. The van der Waals surface area contributed by atoms with E-state index in [-0.39, 0.29) is 23.9 Å². The second-order valence-corrected chi connectivity index (χ2v) is 6.03. The van der Waals surface area contributed by atoms with Crippen LogP contribution in [0.3, 0.4) is 0 Å². The summed E-state index contributed by atoms with van der Waals surface area (Å²) in [6.45, 7) is 3.62. The molecule has 0 saturated heterocycles. The second-order valence-electron chi connectivity index (χ2n) is 4.09. The lowest BCUT2D eigenvalue weighted by molar-refractivity contribution is -0.118. The standard InChI is InChI=1S/C9H16N4O3S/c1-7(2)5-13(6-9(10)14)17(15,16)8-3-11-12-4-8/h3-4,7H,5-6H2,1-2H3,(H2,10,14)(H,11,12). The summed E-state index contributed by atoms with van der Waals surface area (Å²) in [6.07, 6.45) is 2.47. The van der Waals surface area contributed by atoms with E-state index in [1.165, 1.54) is 12.4 Å². The topological polar surface area (TPSA) is 109 Å². The Bertz CT molecular complexity index is 466. The van der Waals surface area contributed by atoms with Crippen molar-refractivity contribution in [2.24, 2.45) is 11.7 Å². The summed E-state index contributed by atoms with van der Waals surface area (Å²) >= 11 is 0. The van der Waals surface area contributed by atoms with Gasteiger partial charge in [0.25, 0.3) is 0 Å². The lowest BCUT2D eigenvalue weighted by Gasteiger charge is -2.21. The van der Waals surface area contributed by atoms with E-state index >= 15 is 0 Å². The van der Waals surface area contributed by atoms with Crippen LogP contribution in [0.5, 0.6) is 0 Å². The third-order valence-electron chi connectivity index (χ3n) is 2.01. The number of amides is 1. The zero-order valence-corrected chi connectivity index (χ0v) is 10.6. The Balaban J connectivity index is 3.00. The number of aromatic amines is 1. The first-order valence-electron chi connectivity index (χ1n) is 5.11. The van der Waals surface area contributed by atoms with Gasteiger partial charge in [0.15, 0.2) is 0 Å². The minimum atomic E-state index is -3.71. The van der Waals surface area contributed by atoms with Gasteiger partial charge < -0.3 is 5.73 Å². The Labute approximate surface area is 100 Å². The van der Waals surface area contributed by atoms with Crippen LogP contribution in [0, 0.1) is 5.92 Å². The fraction of sp³-hybridized carbons (Fsp3) is 0.556. The van der Waals surface area contributed by atoms with Crippen LogP contribution >= 0.6 is 0 Å². The van der Waals surface area contributed by atoms with Crippen LogP contribution in [0.25, 0.3) is 0 Å². The Morgan fingerprint density at radius 3 is 2.65 bits per heavy atom. The molecule has 0 bridgehead atoms. The number of nitrogens with zero attached hydrogens (tertiary/aromatic N) is 2. The molecule has 7 nitrogen and oxygen atoms in total. The molecule has 0 unspecified atom stereocenters. The van der Waals surface area contributed by atoms with Crippen molar-refractivity contribution in [3.05, 3.63) is 12.4 Å². The number of rotatable bonds is 6. The van der Waals surface area contributed by atoms with Crippen LogP contribution in [0.2, 0.25) is 0 Å². The molecule has 0 aliphatic heterocycles. The Hall–Kier alpha value is -1.41. The summed E-state index contributed by atoms with van der Waals surface area (Å²) < 4.78 is 25.3. The van der Waals surface area contributed by atoms with Gasteiger partial charge in [0.05, 0.1) is 12.7 Å². The fourth-order valence-electron chi connectivity index (χ4n) is 1.36. The van der Waals surface area contributed by atoms with Gasteiger partial charge in [-0.1, -0.05) is 13.8 Å². The van der Waals surface area contributed by atoms with Crippen molar-refractivity contribution in [1.82, 2.24) is 14.5 Å². The highest BCUT2D eigenvalue weighted by molar-refractivity contribution is 7.89. The molecule has 1 rings (SSSR count). The molecule has 96 valence electrons. The number of aromatic nitrogens is 2. The molecule has 1 aromatic rings. The van der Waals surface area contributed by atoms with Gasteiger partial charge in [-0.15, -0.1) is 0 Å². The molecule has 0 saturated carbocycles. The highest BCUT2D eigenvalue weighted by Gasteiger charge is 2.27. The summed E-state index contributed by atoms with van der Waals surface area (Å²) in [5.41, 5.74) is 5.05. The molecule has 17 heavy (non-hydrogen) atoms. The fourth-order valence-corrected chi connectivity index (χ4v) is 2.84. The van der Waals surface area contributed by atoms with Gasteiger partial charge in [0.1, 0.15) is 4.90 Å². The van der Waals surface area contributed by atoms with Gasteiger partial charge in [-0.05, 0) is 5.92 Å². The molecular weight excluding hydrogens is 244 g/mol. The summed E-state index contributed by atoms with van der Waals surface area (Å²) in [6, 6.07) is 0. The first-order chi connectivity index (χ1) is 7.84. The number of hydrogen-bond acceptors (Lipinski definition) is 4. The van der Waals surface area contributed by atoms with Crippen molar-refractivity contribution >= 4 is 15.9 Å². The maximum Gasteiger partial charge on any atom is 0.246 e. The molecule has 1 aromatic heterocycles. The van der Waals surface area contributed by atoms with Gasteiger partial charge in [0, 0.05) is 12.7 Å². The van der Waals surface area contributed by atoms with Gasteiger partial charge in [-0.3, -0.25) is 9.89 Å². The minimum Gasteiger partial charge on any atom is -0.369 e. The average molecular weight is 260 g/mol. The van der Waals surface area contributed by atoms with Gasteiger partial charge in [-0.25, -0.2) is 8.42 Å². The molecule has 0 spiro atoms. The maximum absolute atomic E-state index is 12.1. The molecule has 3 N–H and O–H groups in total. The highest BCUT2D eigenvalue weighted by atomic mass is 32.2. The Morgan fingerprint density at radius 2 is 2.24 bits per heavy atom. The van der Waals surface area contributed by atoms with Crippen LogP contribution in [0.15, 0.2) is 17.3 Å². The lowest BCUT2D eigenvalue weighted by atomic mass is 10.2. The first kappa shape index (κ1) is 13.7. The summed E-state index contributed by atoms with van der Waals surface area (Å²) in [5, 5.41) is 6.01. The van der Waals surface area contributed by atoms with Crippen LogP contribution in [-0.2, 0) is 14.8 Å². The lowest BCUT2D eigenvalue weighted by Crippen LogP contribution is -2.40. The molecule has 0 radical (unpaired) electrons. The van der Waals surface area contributed by atoms with Gasteiger partial charge in [0.2, 0.25) is 15.9 Å². The number of nitrogens with two attached hydrogens (primary N) is 1. The molecule has 0 aliphatic rings. The molecule has 1 amide bonds. The van der Waals surface area contributed by atoms with E-state index in [1.54, 1.807) is 0 Å². The van der Waals surface area contributed by atoms with Crippen LogP contribution in [0.1, 0.15) is 13.8 Å². The van der Waals surface area contributed by atoms with Crippen LogP contribution < -0.4 is 5.73 Å². The van der Waals surface area contributed by atoms with E-state index in [2.05, 4.69) is 10.2 Å². The average Bonchev–Trinajstić information content (AvgIpc) is 2.68. The summed E-state index contributed by atoms with van der Waals surface area (Å²) in [5.74, 6) is -0.589. The molecule has 0 atom stereocenters. The monoisotopic (exact) mass is 260 g/mol. The van der Waals surface area contributed by atoms with Crippen molar-refractivity contribution in [2.75, 3.05) is 13.1 Å². The summed E-state index contributed by atoms with van der Waals surface area (Å²) in [4.78, 5) is 10.9. The van der Waals surface area contributed by atoms with Gasteiger partial charge >= 0.3 is 0 Å². The van der Waals surface area contributed by atoms with E-state index in [0.29, 0.717) is 0 Å². The predicted molar refractivity (Wildman–Crippen MR) is 61.4 cm³/mol. The van der Waals surface area contributed by atoms with E-state index < -0.39 is 15.9 Å². The predicted octanol–water partition coefficient (Wildman–Crippen LogP) is -0.458. The molecular formula is C9H16N4O3S. The van der Waals surface area contributed by atoms with Crippen molar-refractivity contribution in [2.45, 2.75) is 18.7 Å².